The van der Waals surface area contributed by atoms with Crippen LogP contribution in [0.2, 0.25) is 0 Å². The minimum absolute atomic E-state index is 0.228. The lowest BCUT2D eigenvalue weighted by atomic mass is 10.1. The number of hydrogen-bond donors (Lipinski definition) is 2. The van der Waals surface area contributed by atoms with E-state index in [0.29, 0.717) is 18.9 Å². The highest BCUT2D eigenvalue weighted by molar-refractivity contribution is 5.45. The molecule has 0 atom stereocenters. The third-order valence-electron chi connectivity index (χ3n) is 3.04. The fraction of sp³-hybridized carbons (Fsp3) is 0.312. The van der Waals surface area contributed by atoms with Crippen molar-refractivity contribution in [2.45, 2.75) is 19.9 Å². The van der Waals surface area contributed by atoms with Gasteiger partial charge in [0, 0.05) is 24.5 Å². The van der Waals surface area contributed by atoms with Crippen molar-refractivity contribution in [3.63, 3.8) is 0 Å². The first-order chi connectivity index (χ1) is 9.81. The standard InChI is InChI=1S/C16H20N2O2/c1-2-20-15-5-3-4-14(16(15)19)12-18-11-8-13-6-9-17-10-7-13/h3-7,9-10,18-19H,2,8,11-12H2,1H3. The van der Waals surface area contributed by atoms with Crippen LogP contribution in [-0.2, 0) is 13.0 Å². The fourth-order valence-electron chi connectivity index (χ4n) is 1.99. The fourth-order valence-corrected chi connectivity index (χ4v) is 1.99. The molecule has 4 heteroatoms. The van der Waals surface area contributed by atoms with Gasteiger partial charge in [0.1, 0.15) is 0 Å². The lowest BCUT2D eigenvalue weighted by Crippen LogP contribution is -2.16. The molecule has 0 radical (unpaired) electrons. The summed E-state index contributed by atoms with van der Waals surface area (Å²) < 4.78 is 5.37. The first-order valence-electron chi connectivity index (χ1n) is 6.84. The Morgan fingerprint density at radius 1 is 1.20 bits per heavy atom. The zero-order valence-corrected chi connectivity index (χ0v) is 11.7. The third-order valence-corrected chi connectivity index (χ3v) is 3.04. The number of rotatable bonds is 7. The number of ether oxygens (including phenoxy) is 1. The summed E-state index contributed by atoms with van der Waals surface area (Å²) in [7, 11) is 0. The molecule has 2 N–H and O–H groups in total. The Bertz CT molecular complexity index is 529. The van der Waals surface area contributed by atoms with Crippen LogP contribution in [-0.4, -0.2) is 23.2 Å². The highest BCUT2D eigenvalue weighted by Crippen LogP contribution is 2.29. The lowest BCUT2D eigenvalue weighted by Gasteiger charge is -2.11. The molecule has 2 rings (SSSR count). The summed E-state index contributed by atoms with van der Waals surface area (Å²) in [6, 6.07) is 9.59. The minimum atomic E-state index is 0.228. The topological polar surface area (TPSA) is 54.4 Å². The Labute approximate surface area is 119 Å². The number of phenolic OH excluding ortho intramolecular Hbond substituents is 1. The van der Waals surface area contributed by atoms with Crippen molar-refractivity contribution < 1.29 is 9.84 Å². The maximum Gasteiger partial charge on any atom is 0.162 e. The van der Waals surface area contributed by atoms with Gasteiger partial charge in [-0.3, -0.25) is 4.98 Å². The minimum Gasteiger partial charge on any atom is -0.504 e. The molecule has 0 unspecified atom stereocenters. The van der Waals surface area contributed by atoms with E-state index in [4.69, 9.17) is 4.74 Å². The predicted octanol–water partition coefficient (Wildman–Crippen LogP) is 2.52. The molecule has 4 nitrogen and oxygen atoms in total. The van der Waals surface area contributed by atoms with Gasteiger partial charge in [0.25, 0.3) is 0 Å². The van der Waals surface area contributed by atoms with Crippen molar-refractivity contribution in [1.29, 1.82) is 0 Å². The number of nitrogens with zero attached hydrogens (tertiary/aromatic N) is 1. The van der Waals surface area contributed by atoms with Crippen molar-refractivity contribution in [2.24, 2.45) is 0 Å². The summed E-state index contributed by atoms with van der Waals surface area (Å²) in [5, 5.41) is 13.4. The first kappa shape index (κ1) is 14.3. The summed E-state index contributed by atoms with van der Waals surface area (Å²) in [6.45, 7) is 3.92. The number of aromatic hydroxyl groups is 1. The molecule has 0 fully saturated rings. The quantitative estimate of drug-likeness (QED) is 0.760. The smallest absolute Gasteiger partial charge is 0.162 e. The van der Waals surface area contributed by atoms with Gasteiger partial charge in [-0.2, -0.15) is 0 Å². The summed E-state index contributed by atoms with van der Waals surface area (Å²) >= 11 is 0. The van der Waals surface area contributed by atoms with Gasteiger partial charge in [-0.15, -0.1) is 0 Å². The van der Waals surface area contributed by atoms with Gasteiger partial charge in [0.2, 0.25) is 0 Å². The first-order valence-corrected chi connectivity index (χ1v) is 6.84. The number of phenols is 1. The third kappa shape index (κ3) is 3.96. The summed E-state index contributed by atoms with van der Waals surface area (Å²) in [5.74, 6) is 0.770. The normalized spacial score (nSPS) is 10.4. The summed E-state index contributed by atoms with van der Waals surface area (Å²) in [5.41, 5.74) is 2.10. The van der Waals surface area contributed by atoms with Crippen LogP contribution in [0, 0.1) is 0 Å². The van der Waals surface area contributed by atoms with E-state index in [2.05, 4.69) is 10.3 Å². The molecular weight excluding hydrogens is 252 g/mol. The van der Waals surface area contributed by atoms with Crippen molar-refractivity contribution in [1.82, 2.24) is 10.3 Å². The average molecular weight is 272 g/mol. The second kappa shape index (κ2) is 7.50. The molecule has 1 heterocycles. The second-order valence-corrected chi connectivity index (χ2v) is 4.48. The Kier molecular flexibility index (Phi) is 5.38. The molecule has 2 aromatic rings. The van der Waals surface area contributed by atoms with E-state index in [1.807, 2.05) is 31.2 Å². The van der Waals surface area contributed by atoms with Crippen LogP contribution in [0.4, 0.5) is 0 Å². The van der Waals surface area contributed by atoms with Crippen LogP contribution in [0.3, 0.4) is 0 Å². The Balaban J connectivity index is 1.83. The molecule has 0 spiro atoms. The molecule has 106 valence electrons. The van der Waals surface area contributed by atoms with Crippen LogP contribution < -0.4 is 10.1 Å². The number of benzene rings is 1. The van der Waals surface area contributed by atoms with Gasteiger partial charge in [0.05, 0.1) is 6.61 Å². The van der Waals surface area contributed by atoms with E-state index in [-0.39, 0.29) is 5.75 Å². The van der Waals surface area contributed by atoms with Crippen molar-refractivity contribution in [2.75, 3.05) is 13.2 Å². The van der Waals surface area contributed by atoms with E-state index in [9.17, 15) is 5.11 Å². The maximum atomic E-state index is 10.1. The van der Waals surface area contributed by atoms with Crippen molar-refractivity contribution in [3.8, 4) is 11.5 Å². The van der Waals surface area contributed by atoms with E-state index in [1.54, 1.807) is 18.5 Å². The van der Waals surface area contributed by atoms with Gasteiger partial charge < -0.3 is 15.2 Å². The maximum absolute atomic E-state index is 10.1. The zero-order valence-electron chi connectivity index (χ0n) is 11.7. The molecule has 20 heavy (non-hydrogen) atoms. The number of aromatic nitrogens is 1. The van der Waals surface area contributed by atoms with Crippen LogP contribution in [0.15, 0.2) is 42.7 Å². The Hall–Kier alpha value is -2.07. The van der Waals surface area contributed by atoms with Gasteiger partial charge in [-0.25, -0.2) is 0 Å². The molecule has 0 saturated carbocycles. The summed E-state index contributed by atoms with van der Waals surface area (Å²) in [4.78, 5) is 3.99. The van der Waals surface area contributed by atoms with Crippen LogP contribution in [0.1, 0.15) is 18.1 Å². The Morgan fingerprint density at radius 3 is 2.75 bits per heavy atom. The highest BCUT2D eigenvalue weighted by atomic mass is 16.5. The molecule has 1 aromatic heterocycles. The molecule has 1 aromatic carbocycles. The molecule has 0 amide bonds. The average Bonchev–Trinajstić information content (AvgIpc) is 2.48. The largest absolute Gasteiger partial charge is 0.504 e. The van der Waals surface area contributed by atoms with Gasteiger partial charge in [0.15, 0.2) is 11.5 Å². The molecule has 0 aliphatic carbocycles. The number of nitrogens with one attached hydrogen (secondary N) is 1. The predicted molar refractivity (Wildman–Crippen MR) is 78.9 cm³/mol. The van der Waals surface area contributed by atoms with Crippen LogP contribution in [0.25, 0.3) is 0 Å². The van der Waals surface area contributed by atoms with Gasteiger partial charge in [-0.05, 0) is 43.7 Å². The Morgan fingerprint density at radius 2 is 2.00 bits per heavy atom. The number of para-hydroxylation sites is 1. The molecule has 0 aliphatic rings. The SMILES string of the molecule is CCOc1cccc(CNCCc2ccncc2)c1O. The molecule has 0 aliphatic heterocycles. The molecule has 0 bridgehead atoms. The lowest BCUT2D eigenvalue weighted by molar-refractivity contribution is 0.316. The number of pyridine rings is 1. The summed E-state index contributed by atoms with van der Waals surface area (Å²) in [6.07, 6.45) is 4.54. The van der Waals surface area contributed by atoms with E-state index >= 15 is 0 Å². The second-order valence-electron chi connectivity index (χ2n) is 4.48. The van der Waals surface area contributed by atoms with E-state index < -0.39 is 0 Å². The van der Waals surface area contributed by atoms with Gasteiger partial charge in [-0.1, -0.05) is 12.1 Å². The monoisotopic (exact) mass is 272 g/mol. The zero-order chi connectivity index (χ0) is 14.2. The van der Waals surface area contributed by atoms with Crippen molar-refractivity contribution >= 4 is 0 Å². The van der Waals surface area contributed by atoms with E-state index in [1.165, 1.54) is 5.56 Å². The molecular formula is C16H20N2O2. The molecule has 0 saturated heterocycles. The van der Waals surface area contributed by atoms with Crippen molar-refractivity contribution in [3.05, 3.63) is 53.9 Å². The van der Waals surface area contributed by atoms with Crippen LogP contribution in [0.5, 0.6) is 11.5 Å². The highest BCUT2D eigenvalue weighted by Gasteiger charge is 2.06. The number of hydrogen-bond acceptors (Lipinski definition) is 4. The van der Waals surface area contributed by atoms with Gasteiger partial charge >= 0.3 is 0 Å². The van der Waals surface area contributed by atoms with E-state index in [0.717, 1.165) is 18.5 Å². The van der Waals surface area contributed by atoms with Crippen LogP contribution >= 0.6 is 0 Å².